The molecule has 6 heteroatoms. The van der Waals surface area contributed by atoms with Gasteiger partial charge in [0.25, 0.3) is 5.91 Å². The highest BCUT2D eigenvalue weighted by Crippen LogP contribution is 2.15. The summed E-state index contributed by atoms with van der Waals surface area (Å²) in [5, 5.41) is 8.07. The van der Waals surface area contributed by atoms with Crippen LogP contribution in [0.2, 0.25) is 0 Å². The van der Waals surface area contributed by atoms with Crippen molar-refractivity contribution in [1.29, 1.82) is 0 Å². The number of anilines is 1. The first-order valence-electron chi connectivity index (χ1n) is 6.59. The molecule has 0 radical (unpaired) electrons. The first-order valence-corrected chi connectivity index (χ1v) is 6.59. The van der Waals surface area contributed by atoms with E-state index >= 15 is 0 Å². The van der Waals surface area contributed by atoms with Crippen molar-refractivity contribution in [3.05, 3.63) is 35.9 Å². The molecule has 0 spiro atoms. The van der Waals surface area contributed by atoms with Crippen LogP contribution in [0.1, 0.15) is 30.0 Å². The summed E-state index contributed by atoms with van der Waals surface area (Å²) in [7, 11) is 1.71. The van der Waals surface area contributed by atoms with E-state index in [1.165, 1.54) is 4.90 Å². The second-order valence-corrected chi connectivity index (χ2v) is 5.17. The quantitative estimate of drug-likeness (QED) is 0.853. The van der Waals surface area contributed by atoms with Crippen molar-refractivity contribution in [3.63, 3.8) is 0 Å². The Bertz CT molecular complexity index is 591. The lowest BCUT2D eigenvalue weighted by atomic mass is 10.2. The molecule has 0 aromatic carbocycles. The van der Waals surface area contributed by atoms with Gasteiger partial charge in [-0.25, -0.2) is 4.68 Å². The van der Waals surface area contributed by atoms with E-state index in [4.69, 9.17) is 0 Å². The number of nitrogens with zero attached hydrogens (tertiary/aromatic N) is 5. The summed E-state index contributed by atoms with van der Waals surface area (Å²) in [6, 6.07) is 3.63. The third-order valence-electron chi connectivity index (χ3n) is 3.06. The molecule has 2 aromatic heterocycles. The van der Waals surface area contributed by atoms with Gasteiger partial charge >= 0.3 is 0 Å². The second kappa shape index (κ2) is 5.81. The molecular formula is C14H19N5O. The van der Waals surface area contributed by atoms with Crippen LogP contribution >= 0.6 is 0 Å². The average Bonchev–Trinajstić information content (AvgIpc) is 2.79. The van der Waals surface area contributed by atoms with E-state index in [0.29, 0.717) is 11.6 Å². The smallest absolute Gasteiger partial charge is 0.280 e. The number of pyridine rings is 1. The lowest BCUT2D eigenvalue weighted by Crippen LogP contribution is -2.27. The van der Waals surface area contributed by atoms with Gasteiger partial charge in [-0.05, 0) is 25.0 Å². The maximum Gasteiger partial charge on any atom is 0.280 e. The largest absolute Gasteiger partial charge is 0.308 e. The van der Waals surface area contributed by atoms with Crippen molar-refractivity contribution in [2.75, 3.05) is 11.9 Å². The molecule has 106 valence electrons. The van der Waals surface area contributed by atoms with Crippen LogP contribution in [0.5, 0.6) is 0 Å². The van der Waals surface area contributed by atoms with Crippen molar-refractivity contribution in [2.45, 2.75) is 27.3 Å². The van der Waals surface area contributed by atoms with Crippen molar-refractivity contribution in [3.8, 4) is 0 Å². The summed E-state index contributed by atoms with van der Waals surface area (Å²) >= 11 is 0. The van der Waals surface area contributed by atoms with Gasteiger partial charge in [0.2, 0.25) is 0 Å². The molecule has 0 fully saturated rings. The van der Waals surface area contributed by atoms with Crippen LogP contribution in [0.3, 0.4) is 0 Å². The fourth-order valence-corrected chi connectivity index (χ4v) is 1.91. The van der Waals surface area contributed by atoms with Crippen LogP contribution in [0.15, 0.2) is 24.5 Å². The molecule has 2 aromatic rings. The van der Waals surface area contributed by atoms with Gasteiger partial charge in [-0.15, -0.1) is 5.10 Å². The van der Waals surface area contributed by atoms with E-state index in [2.05, 4.69) is 29.1 Å². The van der Waals surface area contributed by atoms with Gasteiger partial charge in [0.1, 0.15) is 0 Å². The highest BCUT2D eigenvalue weighted by molar-refractivity contribution is 6.04. The maximum absolute atomic E-state index is 12.4. The molecule has 0 bridgehead atoms. The predicted octanol–water partition coefficient (Wildman–Crippen LogP) is 1.91. The van der Waals surface area contributed by atoms with E-state index in [-0.39, 0.29) is 5.91 Å². The van der Waals surface area contributed by atoms with Crippen molar-refractivity contribution in [2.24, 2.45) is 5.92 Å². The summed E-state index contributed by atoms with van der Waals surface area (Å²) in [6.45, 7) is 6.82. The highest BCUT2D eigenvalue weighted by Gasteiger charge is 2.21. The number of hydrogen-bond acceptors (Lipinski definition) is 4. The molecule has 0 aliphatic heterocycles. The summed E-state index contributed by atoms with van der Waals surface area (Å²) in [4.78, 5) is 18.0. The average molecular weight is 273 g/mol. The summed E-state index contributed by atoms with van der Waals surface area (Å²) in [5.41, 5.74) is 1.91. The fourth-order valence-electron chi connectivity index (χ4n) is 1.91. The van der Waals surface area contributed by atoms with Gasteiger partial charge in [0, 0.05) is 19.8 Å². The van der Waals surface area contributed by atoms with Crippen LogP contribution < -0.4 is 4.90 Å². The third-order valence-corrected chi connectivity index (χ3v) is 3.06. The van der Waals surface area contributed by atoms with Crippen LogP contribution in [0.25, 0.3) is 0 Å². The summed E-state index contributed by atoms with van der Waals surface area (Å²) in [6.07, 6.45) is 3.32. The number of amides is 1. The molecule has 0 saturated carbocycles. The standard InChI is InChI=1S/C14H19N5O/c1-10(2)9-19-11(3)13(16-17-19)14(20)18(4)12-6-5-7-15-8-12/h5-8,10H,9H2,1-4H3. The first-order chi connectivity index (χ1) is 9.50. The monoisotopic (exact) mass is 273 g/mol. The second-order valence-electron chi connectivity index (χ2n) is 5.17. The lowest BCUT2D eigenvalue weighted by molar-refractivity contribution is 0.0987. The molecule has 0 unspecified atom stereocenters. The minimum atomic E-state index is -0.175. The zero-order valence-electron chi connectivity index (χ0n) is 12.2. The first kappa shape index (κ1) is 14.2. The number of carbonyl (C=O) groups excluding carboxylic acids is 1. The van der Waals surface area contributed by atoms with E-state index in [0.717, 1.165) is 17.9 Å². The number of rotatable bonds is 4. The van der Waals surface area contributed by atoms with Crippen molar-refractivity contribution < 1.29 is 4.79 Å². The van der Waals surface area contributed by atoms with Gasteiger partial charge in [-0.2, -0.15) is 0 Å². The molecule has 1 amide bonds. The molecule has 6 nitrogen and oxygen atoms in total. The topological polar surface area (TPSA) is 63.9 Å². The van der Waals surface area contributed by atoms with E-state index in [1.54, 1.807) is 30.2 Å². The van der Waals surface area contributed by atoms with Gasteiger partial charge < -0.3 is 4.90 Å². The Morgan fingerprint density at radius 1 is 1.45 bits per heavy atom. The predicted molar refractivity (Wildman–Crippen MR) is 76.6 cm³/mol. The molecule has 0 aliphatic rings. The van der Waals surface area contributed by atoms with Crippen LogP contribution in [-0.2, 0) is 6.54 Å². The number of aromatic nitrogens is 4. The SMILES string of the molecule is Cc1c(C(=O)N(C)c2cccnc2)nnn1CC(C)C. The summed E-state index contributed by atoms with van der Waals surface area (Å²) in [5.74, 6) is 0.278. The molecule has 2 heterocycles. The molecule has 20 heavy (non-hydrogen) atoms. The van der Waals surface area contributed by atoms with Gasteiger partial charge in [-0.3, -0.25) is 9.78 Å². The van der Waals surface area contributed by atoms with E-state index < -0.39 is 0 Å². The summed E-state index contributed by atoms with van der Waals surface area (Å²) < 4.78 is 1.77. The fraction of sp³-hybridized carbons (Fsp3) is 0.429. The Balaban J connectivity index is 2.24. The van der Waals surface area contributed by atoms with E-state index in [1.807, 2.05) is 13.0 Å². The van der Waals surface area contributed by atoms with Crippen LogP contribution in [0, 0.1) is 12.8 Å². The Kier molecular flexibility index (Phi) is 4.12. The lowest BCUT2D eigenvalue weighted by Gasteiger charge is -2.15. The zero-order chi connectivity index (χ0) is 14.7. The Morgan fingerprint density at radius 3 is 2.80 bits per heavy atom. The van der Waals surface area contributed by atoms with Gasteiger partial charge in [0.15, 0.2) is 5.69 Å². The zero-order valence-corrected chi connectivity index (χ0v) is 12.2. The van der Waals surface area contributed by atoms with E-state index in [9.17, 15) is 4.79 Å². The van der Waals surface area contributed by atoms with Gasteiger partial charge in [0.05, 0.1) is 17.6 Å². The van der Waals surface area contributed by atoms with Gasteiger partial charge in [-0.1, -0.05) is 19.1 Å². The molecule has 0 N–H and O–H groups in total. The Labute approximate surface area is 118 Å². The Hall–Kier alpha value is -2.24. The molecule has 2 rings (SSSR count). The minimum Gasteiger partial charge on any atom is -0.308 e. The van der Waals surface area contributed by atoms with Crippen LogP contribution in [0.4, 0.5) is 5.69 Å². The van der Waals surface area contributed by atoms with Crippen molar-refractivity contribution >= 4 is 11.6 Å². The molecular weight excluding hydrogens is 254 g/mol. The highest BCUT2D eigenvalue weighted by atomic mass is 16.2. The number of carbonyl (C=O) groups is 1. The molecule has 0 atom stereocenters. The molecule has 0 aliphatic carbocycles. The number of hydrogen-bond donors (Lipinski definition) is 0. The van der Waals surface area contributed by atoms with Crippen molar-refractivity contribution in [1.82, 2.24) is 20.0 Å². The maximum atomic E-state index is 12.4. The van der Waals surface area contributed by atoms with Crippen LogP contribution in [-0.4, -0.2) is 32.9 Å². The normalized spacial score (nSPS) is 10.8. The Morgan fingerprint density at radius 2 is 2.20 bits per heavy atom. The minimum absolute atomic E-state index is 0.175. The third kappa shape index (κ3) is 2.84. The molecule has 0 saturated heterocycles.